The first-order chi connectivity index (χ1) is 29.1. The molecule has 0 atom stereocenters. The second-order valence-corrected chi connectivity index (χ2v) is 20.0. The average Bonchev–Trinajstić information content (AvgIpc) is 3.76. The number of benzene rings is 6. The number of hydrogen-bond acceptors (Lipinski definition) is 0. The van der Waals surface area contributed by atoms with Crippen LogP contribution in [0.3, 0.4) is 0 Å². The van der Waals surface area contributed by atoms with Crippen molar-refractivity contribution in [3.8, 4) is 55.6 Å². The SMILES string of the molecule is CCCCCCCCC1(CCCCCCCC)c2ccccc2-c2ccc(-c3ccc4c(c3)C(C)(C)c3cc(-c5ccc6c(c5)C(C)(C)c5cc(C)ccc5-6)ccc3-4)cc21. The lowest BCUT2D eigenvalue weighted by Crippen LogP contribution is -2.25. The van der Waals surface area contributed by atoms with Crippen LogP contribution in [0.15, 0.2) is 115 Å². The van der Waals surface area contributed by atoms with Crippen molar-refractivity contribution in [3.63, 3.8) is 0 Å². The van der Waals surface area contributed by atoms with E-state index in [2.05, 4.69) is 164 Å². The van der Waals surface area contributed by atoms with E-state index < -0.39 is 0 Å². The van der Waals surface area contributed by atoms with Gasteiger partial charge in [0.1, 0.15) is 0 Å². The maximum Gasteiger partial charge on any atom is 0.0215 e. The molecule has 0 unspecified atom stereocenters. The maximum absolute atomic E-state index is 2.63. The Labute approximate surface area is 362 Å². The van der Waals surface area contributed by atoms with Crippen molar-refractivity contribution < 1.29 is 0 Å². The molecule has 6 aromatic carbocycles. The highest BCUT2D eigenvalue weighted by Crippen LogP contribution is 2.56. The monoisotopic (exact) mass is 789 g/mol. The third kappa shape index (κ3) is 6.91. The zero-order valence-corrected chi connectivity index (χ0v) is 37.9. The number of fused-ring (bicyclic) bond motifs is 9. The number of aryl methyl sites for hydroxylation is 1. The minimum atomic E-state index is -0.104. The van der Waals surface area contributed by atoms with E-state index in [-0.39, 0.29) is 16.2 Å². The first-order valence-electron chi connectivity index (χ1n) is 23.9. The lowest BCUT2D eigenvalue weighted by Gasteiger charge is -2.33. The fourth-order valence-electron chi connectivity index (χ4n) is 11.8. The van der Waals surface area contributed by atoms with Crippen LogP contribution in [0.4, 0.5) is 0 Å². The quantitative estimate of drug-likeness (QED) is 0.0857. The Morgan fingerprint density at radius 1 is 0.333 bits per heavy atom. The van der Waals surface area contributed by atoms with E-state index in [0.29, 0.717) is 0 Å². The van der Waals surface area contributed by atoms with E-state index in [1.165, 1.54) is 173 Å². The van der Waals surface area contributed by atoms with Gasteiger partial charge >= 0.3 is 0 Å². The molecule has 0 heterocycles. The largest absolute Gasteiger partial charge is 0.0654 e. The van der Waals surface area contributed by atoms with E-state index in [1.807, 2.05) is 0 Å². The minimum absolute atomic E-state index is 0.0160. The van der Waals surface area contributed by atoms with Crippen molar-refractivity contribution >= 4 is 0 Å². The average molecular weight is 789 g/mol. The molecular formula is C60H68. The van der Waals surface area contributed by atoms with Gasteiger partial charge in [0, 0.05) is 16.2 Å². The summed E-state index contributed by atoms with van der Waals surface area (Å²) < 4.78 is 0. The molecule has 0 spiro atoms. The van der Waals surface area contributed by atoms with Crippen LogP contribution in [0.2, 0.25) is 0 Å². The van der Waals surface area contributed by atoms with E-state index in [4.69, 9.17) is 0 Å². The molecule has 0 aromatic heterocycles. The third-order valence-corrected chi connectivity index (χ3v) is 15.4. The van der Waals surface area contributed by atoms with Gasteiger partial charge in [0.05, 0.1) is 0 Å². The standard InChI is InChI=1S/C60H68/c1-8-10-12-14-16-20-34-60(35-21-17-15-13-11-9-2)52-23-19-18-22-46(52)51-33-28-45(40-57(51)60)44-27-32-50-49-31-26-43(38-55(49)59(6,7)56(50)39-44)42-25-30-48-47-29-24-41(3)36-53(47)58(4,5)54(48)37-42/h18-19,22-33,36-40H,8-17,20-21,34-35H2,1-7H3. The Morgan fingerprint density at radius 2 is 0.683 bits per heavy atom. The molecule has 6 aromatic rings. The fraction of sp³-hybridized carbons (Fsp3) is 0.400. The van der Waals surface area contributed by atoms with Crippen LogP contribution in [0, 0.1) is 6.92 Å². The van der Waals surface area contributed by atoms with Gasteiger partial charge in [-0.2, -0.15) is 0 Å². The van der Waals surface area contributed by atoms with Gasteiger partial charge in [-0.3, -0.25) is 0 Å². The number of hydrogen-bond donors (Lipinski definition) is 0. The number of rotatable bonds is 16. The molecule has 0 fully saturated rings. The topological polar surface area (TPSA) is 0 Å². The molecule has 0 radical (unpaired) electrons. The van der Waals surface area contributed by atoms with Gasteiger partial charge in [-0.25, -0.2) is 0 Å². The molecule has 308 valence electrons. The predicted molar refractivity (Wildman–Crippen MR) is 259 cm³/mol. The molecule has 3 aliphatic carbocycles. The Kier molecular flexibility index (Phi) is 11.1. The fourth-order valence-corrected chi connectivity index (χ4v) is 11.8. The molecule has 0 aliphatic heterocycles. The summed E-state index contributed by atoms with van der Waals surface area (Å²) in [6.07, 6.45) is 18.6. The van der Waals surface area contributed by atoms with E-state index in [0.717, 1.165) is 0 Å². The van der Waals surface area contributed by atoms with Crippen LogP contribution in [0.25, 0.3) is 55.6 Å². The summed E-state index contributed by atoms with van der Waals surface area (Å²) >= 11 is 0. The van der Waals surface area contributed by atoms with Crippen LogP contribution < -0.4 is 0 Å². The first-order valence-corrected chi connectivity index (χ1v) is 23.9. The highest BCUT2D eigenvalue weighted by molar-refractivity contribution is 5.89. The van der Waals surface area contributed by atoms with Crippen LogP contribution in [-0.2, 0) is 16.2 Å². The van der Waals surface area contributed by atoms with Crippen LogP contribution in [0.1, 0.15) is 170 Å². The van der Waals surface area contributed by atoms with E-state index >= 15 is 0 Å². The molecule has 9 rings (SSSR count). The molecule has 0 nitrogen and oxygen atoms in total. The summed E-state index contributed by atoms with van der Waals surface area (Å²) in [5, 5.41) is 0. The van der Waals surface area contributed by atoms with Crippen molar-refractivity contribution in [1.29, 1.82) is 0 Å². The molecular weight excluding hydrogens is 721 g/mol. The van der Waals surface area contributed by atoms with Gasteiger partial charge in [-0.1, -0.05) is 215 Å². The summed E-state index contributed by atoms with van der Waals surface area (Å²) in [6.45, 7) is 16.5. The molecule has 0 saturated heterocycles. The molecule has 0 bridgehead atoms. The van der Waals surface area contributed by atoms with Crippen molar-refractivity contribution in [2.75, 3.05) is 0 Å². The lowest BCUT2D eigenvalue weighted by molar-refractivity contribution is 0.398. The zero-order valence-electron chi connectivity index (χ0n) is 37.9. The van der Waals surface area contributed by atoms with E-state index in [1.54, 1.807) is 11.1 Å². The highest BCUT2D eigenvalue weighted by atomic mass is 14.5. The van der Waals surface area contributed by atoms with E-state index in [9.17, 15) is 0 Å². The van der Waals surface area contributed by atoms with Gasteiger partial charge in [0.15, 0.2) is 0 Å². The number of unbranched alkanes of at least 4 members (excludes halogenated alkanes) is 10. The Balaban J connectivity index is 1.04. The summed E-state index contributed by atoms with van der Waals surface area (Å²) in [5.41, 5.74) is 24.1. The summed E-state index contributed by atoms with van der Waals surface area (Å²) in [7, 11) is 0. The summed E-state index contributed by atoms with van der Waals surface area (Å²) in [5.74, 6) is 0. The van der Waals surface area contributed by atoms with Gasteiger partial charge in [0.25, 0.3) is 0 Å². The maximum atomic E-state index is 2.63. The van der Waals surface area contributed by atoms with Gasteiger partial charge in [0.2, 0.25) is 0 Å². The van der Waals surface area contributed by atoms with Gasteiger partial charge in [-0.15, -0.1) is 0 Å². The van der Waals surface area contributed by atoms with Crippen molar-refractivity contribution in [1.82, 2.24) is 0 Å². The Morgan fingerprint density at radius 3 is 1.15 bits per heavy atom. The molecule has 3 aliphatic rings. The van der Waals surface area contributed by atoms with Crippen LogP contribution >= 0.6 is 0 Å². The molecule has 0 saturated carbocycles. The molecule has 0 heteroatoms. The molecule has 0 N–H and O–H groups in total. The lowest BCUT2D eigenvalue weighted by atomic mass is 9.70. The molecule has 0 amide bonds. The highest BCUT2D eigenvalue weighted by Gasteiger charge is 2.43. The normalized spacial score (nSPS) is 15.6. The van der Waals surface area contributed by atoms with Crippen molar-refractivity contribution in [3.05, 3.63) is 154 Å². The second-order valence-electron chi connectivity index (χ2n) is 20.0. The van der Waals surface area contributed by atoms with Crippen LogP contribution in [-0.4, -0.2) is 0 Å². The van der Waals surface area contributed by atoms with Gasteiger partial charge < -0.3 is 0 Å². The van der Waals surface area contributed by atoms with Crippen molar-refractivity contribution in [2.24, 2.45) is 0 Å². The smallest absolute Gasteiger partial charge is 0.0215 e. The Bertz CT molecular complexity index is 2520. The van der Waals surface area contributed by atoms with Gasteiger partial charge in [-0.05, 0) is 133 Å². The van der Waals surface area contributed by atoms with Crippen molar-refractivity contribution in [2.45, 2.75) is 155 Å². The summed E-state index contributed by atoms with van der Waals surface area (Å²) in [6, 6.07) is 45.8. The zero-order chi connectivity index (χ0) is 41.6. The minimum Gasteiger partial charge on any atom is -0.0654 e. The summed E-state index contributed by atoms with van der Waals surface area (Å²) in [4.78, 5) is 0. The van der Waals surface area contributed by atoms with Crippen LogP contribution in [0.5, 0.6) is 0 Å². The second kappa shape index (κ2) is 16.3. The first kappa shape index (κ1) is 40.7. The predicted octanol–water partition coefficient (Wildman–Crippen LogP) is 17.7. The molecule has 60 heavy (non-hydrogen) atoms. The Hall–Kier alpha value is -4.68. The third-order valence-electron chi connectivity index (χ3n) is 15.4.